The van der Waals surface area contributed by atoms with Crippen LogP contribution in [0.4, 0.5) is 5.69 Å². The Morgan fingerprint density at radius 2 is 1.71 bits per heavy atom. The van der Waals surface area contributed by atoms with Gasteiger partial charge in [0.2, 0.25) is 5.91 Å². The number of amides is 2. The molecule has 2 amide bonds. The van der Waals surface area contributed by atoms with Crippen LogP contribution in [0.2, 0.25) is 5.02 Å². The van der Waals surface area contributed by atoms with Crippen molar-refractivity contribution in [1.29, 1.82) is 0 Å². The number of nitrogens with zero attached hydrogens (tertiary/aromatic N) is 1. The maximum atomic E-state index is 13.4. The first-order valence-electron chi connectivity index (χ1n) is 8.74. The van der Waals surface area contributed by atoms with Crippen molar-refractivity contribution in [3.63, 3.8) is 0 Å². The lowest BCUT2D eigenvalue weighted by Gasteiger charge is -2.31. The lowest BCUT2D eigenvalue weighted by Crippen LogP contribution is -2.39. The molecule has 0 aliphatic carbocycles. The van der Waals surface area contributed by atoms with E-state index in [1.807, 2.05) is 42.5 Å². The van der Waals surface area contributed by atoms with Crippen LogP contribution >= 0.6 is 27.5 Å². The summed E-state index contributed by atoms with van der Waals surface area (Å²) in [6, 6.07) is 21.5. The average Bonchev–Trinajstić information content (AvgIpc) is 2.84. The van der Waals surface area contributed by atoms with Crippen molar-refractivity contribution in [3.05, 3.63) is 99.0 Å². The smallest absolute Gasteiger partial charge is 0.255 e. The quantitative estimate of drug-likeness (QED) is 0.571. The van der Waals surface area contributed by atoms with Crippen LogP contribution in [0.25, 0.3) is 0 Å². The number of carbonyl (C=O) groups excluding carboxylic acids is 2. The number of benzene rings is 3. The molecule has 6 heteroatoms. The molecular weight excluding hydrogens is 440 g/mol. The van der Waals surface area contributed by atoms with E-state index in [0.29, 0.717) is 16.3 Å². The van der Waals surface area contributed by atoms with Gasteiger partial charge in [-0.3, -0.25) is 9.59 Å². The zero-order valence-electron chi connectivity index (χ0n) is 14.7. The molecule has 1 atom stereocenters. The third kappa shape index (κ3) is 3.55. The van der Waals surface area contributed by atoms with Gasteiger partial charge in [-0.2, -0.15) is 0 Å². The maximum absolute atomic E-state index is 13.4. The predicted octanol–water partition coefficient (Wildman–Crippen LogP) is 5.29. The van der Waals surface area contributed by atoms with Crippen molar-refractivity contribution in [1.82, 2.24) is 4.90 Å². The van der Waals surface area contributed by atoms with E-state index in [9.17, 15) is 9.59 Å². The molecule has 3 aromatic rings. The Morgan fingerprint density at radius 3 is 2.46 bits per heavy atom. The van der Waals surface area contributed by atoms with Crippen molar-refractivity contribution in [2.45, 2.75) is 6.04 Å². The SMILES string of the molecule is O=C1CN(C(=O)c2ccccc2)[C@H](c2ccccc2Cl)c2cc(Br)ccc2N1. The Hall–Kier alpha value is -2.63. The Kier molecular flexibility index (Phi) is 5.20. The van der Waals surface area contributed by atoms with Crippen LogP contribution < -0.4 is 5.32 Å². The number of rotatable bonds is 2. The lowest BCUT2D eigenvalue weighted by atomic mass is 9.95. The highest BCUT2D eigenvalue weighted by atomic mass is 79.9. The summed E-state index contributed by atoms with van der Waals surface area (Å²) in [5, 5.41) is 3.45. The molecule has 0 unspecified atom stereocenters. The highest BCUT2D eigenvalue weighted by Gasteiger charge is 2.35. The van der Waals surface area contributed by atoms with Gasteiger partial charge in [0.15, 0.2) is 0 Å². The third-order valence-corrected chi connectivity index (χ3v) is 5.53. The van der Waals surface area contributed by atoms with Gasteiger partial charge in [-0.1, -0.05) is 63.9 Å². The molecule has 0 fully saturated rings. The summed E-state index contributed by atoms with van der Waals surface area (Å²) in [6.07, 6.45) is 0. The normalized spacial score (nSPS) is 16.1. The van der Waals surface area contributed by atoms with E-state index in [1.165, 1.54) is 0 Å². The molecule has 4 nitrogen and oxygen atoms in total. The third-order valence-electron chi connectivity index (χ3n) is 4.69. The Balaban J connectivity index is 1.93. The summed E-state index contributed by atoms with van der Waals surface area (Å²) in [4.78, 5) is 27.5. The minimum absolute atomic E-state index is 0.0735. The molecular formula is C22H16BrClN2O2. The highest BCUT2D eigenvalue weighted by molar-refractivity contribution is 9.10. The van der Waals surface area contributed by atoms with E-state index in [4.69, 9.17) is 11.6 Å². The molecule has 0 aromatic heterocycles. The Morgan fingerprint density at radius 1 is 1.00 bits per heavy atom. The minimum atomic E-state index is -0.507. The van der Waals surface area contributed by atoms with E-state index >= 15 is 0 Å². The number of hydrogen-bond acceptors (Lipinski definition) is 2. The van der Waals surface area contributed by atoms with Crippen molar-refractivity contribution in [2.24, 2.45) is 0 Å². The molecule has 0 saturated heterocycles. The topological polar surface area (TPSA) is 49.4 Å². The molecule has 1 heterocycles. The highest BCUT2D eigenvalue weighted by Crippen LogP contribution is 2.40. The van der Waals surface area contributed by atoms with Crippen LogP contribution in [-0.2, 0) is 4.79 Å². The van der Waals surface area contributed by atoms with Crippen LogP contribution in [0.5, 0.6) is 0 Å². The van der Waals surface area contributed by atoms with Gasteiger partial charge in [0.1, 0.15) is 6.54 Å². The lowest BCUT2D eigenvalue weighted by molar-refractivity contribution is -0.117. The Bertz CT molecular complexity index is 1060. The van der Waals surface area contributed by atoms with Gasteiger partial charge in [0, 0.05) is 26.3 Å². The van der Waals surface area contributed by atoms with Crippen LogP contribution in [0, 0.1) is 0 Å². The van der Waals surface area contributed by atoms with Crippen molar-refractivity contribution in [3.8, 4) is 0 Å². The van der Waals surface area contributed by atoms with E-state index < -0.39 is 6.04 Å². The summed E-state index contributed by atoms with van der Waals surface area (Å²) in [5.41, 5.74) is 2.76. The summed E-state index contributed by atoms with van der Waals surface area (Å²) in [7, 11) is 0. The predicted molar refractivity (Wildman–Crippen MR) is 114 cm³/mol. The fraction of sp³-hybridized carbons (Fsp3) is 0.0909. The van der Waals surface area contributed by atoms with E-state index in [1.54, 1.807) is 35.2 Å². The molecule has 0 saturated carbocycles. The van der Waals surface area contributed by atoms with Crippen LogP contribution in [0.15, 0.2) is 77.3 Å². The summed E-state index contributed by atoms with van der Waals surface area (Å²) in [6.45, 7) is -0.0735. The molecule has 4 rings (SSSR count). The van der Waals surface area contributed by atoms with Gasteiger partial charge < -0.3 is 10.2 Å². The summed E-state index contributed by atoms with van der Waals surface area (Å²) in [5.74, 6) is -0.476. The molecule has 0 radical (unpaired) electrons. The standard InChI is InChI=1S/C22H16BrClN2O2/c23-15-10-11-19-17(12-15)21(16-8-4-5-9-18(16)24)26(13-20(27)25-19)22(28)14-6-2-1-3-7-14/h1-12,21H,13H2,(H,25,27)/t21-/m1/s1. The number of hydrogen-bond donors (Lipinski definition) is 1. The van der Waals surface area contributed by atoms with Crippen LogP contribution in [-0.4, -0.2) is 23.3 Å². The van der Waals surface area contributed by atoms with Crippen molar-refractivity contribution >= 4 is 45.0 Å². The average molecular weight is 456 g/mol. The van der Waals surface area contributed by atoms with E-state index in [0.717, 1.165) is 15.6 Å². The Labute approximate surface area is 176 Å². The fourth-order valence-corrected chi connectivity index (χ4v) is 4.06. The zero-order valence-corrected chi connectivity index (χ0v) is 17.1. The molecule has 1 N–H and O–H groups in total. The molecule has 28 heavy (non-hydrogen) atoms. The second kappa shape index (κ2) is 7.78. The molecule has 140 valence electrons. The van der Waals surface area contributed by atoms with Gasteiger partial charge in [0.25, 0.3) is 5.91 Å². The number of carbonyl (C=O) groups is 2. The number of halogens is 2. The van der Waals surface area contributed by atoms with Crippen molar-refractivity contribution in [2.75, 3.05) is 11.9 Å². The van der Waals surface area contributed by atoms with E-state index in [2.05, 4.69) is 21.2 Å². The number of nitrogens with one attached hydrogen (secondary N) is 1. The first-order chi connectivity index (χ1) is 13.5. The summed E-state index contributed by atoms with van der Waals surface area (Å²) >= 11 is 10.0. The molecule has 1 aliphatic heterocycles. The van der Waals surface area contributed by atoms with Gasteiger partial charge in [-0.05, 0) is 42.0 Å². The van der Waals surface area contributed by atoms with Gasteiger partial charge in [-0.25, -0.2) is 0 Å². The fourth-order valence-electron chi connectivity index (χ4n) is 3.45. The molecule has 0 bridgehead atoms. The van der Waals surface area contributed by atoms with Gasteiger partial charge >= 0.3 is 0 Å². The molecule has 0 spiro atoms. The number of fused-ring (bicyclic) bond motifs is 1. The van der Waals surface area contributed by atoms with Gasteiger partial charge in [-0.15, -0.1) is 0 Å². The molecule has 1 aliphatic rings. The number of anilines is 1. The van der Waals surface area contributed by atoms with E-state index in [-0.39, 0.29) is 18.4 Å². The zero-order chi connectivity index (χ0) is 19.7. The van der Waals surface area contributed by atoms with Crippen LogP contribution in [0.3, 0.4) is 0 Å². The summed E-state index contributed by atoms with van der Waals surface area (Å²) < 4.78 is 0.853. The largest absolute Gasteiger partial charge is 0.324 e. The monoisotopic (exact) mass is 454 g/mol. The van der Waals surface area contributed by atoms with Gasteiger partial charge in [0.05, 0.1) is 6.04 Å². The minimum Gasteiger partial charge on any atom is -0.324 e. The first kappa shape index (κ1) is 18.7. The first-order valence-corrected chi connectivity index (χ1v) is 9.91. The van der Waals surface area contributed by atoms with Crippen LogP contribution in [0.1, 0.15) is 27.5 Å². The molecule has 3 aromatic carbocycles. The maximum Gasteiger partial charge on any atom is 0.255 e. The van der Waals surface area contributed by atoms with Crippen molar-refractivity contribution < 1.29 is 9.59 Å². The second-order valence-corrected chi connectivity index (χ2v) is 7.83. The second-order valence-electron chi connectivity index (χ2n) is 6.50.